The third kappa shape index (κ3) is 2.54. The molecule has 0 bridgehead atoms. The maximum atomic E-state index is 12.1. The average Bonchev–Trinajstić information content (AvgIpc) is 2.90. The number of hydrogen-bond acceptors (Lipinski definition) is 3. The highest BCUT2D eigenvalue weighted by Crippen LogP contribution is 2.30. The molecule has 0 aromatic rings. The van der Waals surface area contributed by atoms with Crippen LogP contribution in [0.3, 0.4) is 0 Å². The Morgan fingerprint density at radius 3 is 2.86 bits per heavy atom. The summed E-state index contributed by atoms with van der Waals surface area (Å²) < 4.78 is 16.0. The SMILES string of the molecule is O=C(N=S1(=O)CCCCNC1)C1CC1. The summed E-state index contributed by atoms with van der Waals surface area (Å²) in [6, 6.07) is 0. The zero-order valence-electron chi connectivity index (χ0n) is 8.20. The normalized spacial score (nSPS) is 33.4. The van der Waals surface area contributed by atoms with Crippen molar-refractivity contribution in [2.75, 3.05) is 18.2 Å². The van der Waals surface area contributed by atoms with Gasteiger partial charge in [-0.3, -0.25) is 4.79 Å². The lowest BCUT2D eigenvalue weighted by atomic mass is 10.3. The minimum Gasteiger partial charge on any atom is -0.305 e. The predicted molar refractivity (Wildman–Crippen MR) is 55.3 cm³/mol. The molecule has 0 aromatic heterocycles. The van der Waals surface area contributed by atoms with E-state index in [0.717, 1.165) is 32.2 Å². The number of carbonyl (C=O) groups excluding carboxylic acids is 1. The average molecular weight is 216 g/mol. The van der Waals surface area contributed by atoms with Crippen LogP contribution in [-0.4, -0.2) is 28.3 Å². The molecule has 1 aliphatic heterocycles. The summed E-state index contributed by atoms with van der Waals surface area (Å²) in [4.78, 5) is 11.4. The number of nitrogens with one attached hydrogen (secondary N) is 1. The largest absolute Gasteiger partial charge is 0.305 e. The summed E-state index contributed by atoms with van der Waals surface area (Å²) in [7, 11) is -2.27. The Bertz CT molecular complexity index is 327. The first-order valence-corrected chi connectivity index (χ1v) is 7.02. The van der Waals surface area contributed by atoms with Crippen molar-refractivity contribution in [2.45, 2.75) is 25.7 Å². The summed E-state index contributed by atoms with van der Waals surface area (Å²) in [5.41, 5.74) is 0. The summed E-state index contributed by atoms with van der Waals surface area (Å²) >= 11 is 0. The minimum atomic E-state index is -2.27. The Labute approximate surface area is 84.6 Å². The molecule has 0 radical (unpaired) electrons. The van der Waals surface area contributed by atoms with Crippen LogP contribution < -0.4 is 5.32 Å². The Kier molecular flexibility index (Phi) is 2.88. The Morgan fingerprint density at radius 2 is 2.14 bits per heavy atom. The number of amides is 1. The molecule has 2 rings (SSSR count). The molecule has 14 heavy (non-hydrogen) atoms. The van der Waals surface area contributed by atoms with Gasteiger partial charge in [0, 0.05) is 11.7 Å². The van der Waals surface area contributed by atoms with Crippen LogP contribution in [0.15, 0.2) is 4.36 Å². The van der Waals surface area contributed by atoms with Crippen LogP contribution in [0.2, 0.25) is 0 Å². The lowest BCUT2D eigenvalue weighted by Gasteiger charge is -2.04. The van der Waals surface area contributed by atoms with Crippen molar-refractivity contribution in [2.24, 2.45) is 10.3 Å². The van der Waals surface area contributed by atoms with E-state index in [4.69, 9.17) is 0 Å². The molecule has 5 heteroatoms. The standard InChI is InChI=1S/C9H16N2O2S/c12-9(8-3-4-8)11-14(13)6-2-1-5-10-7-14/h8,10H,1-7H2. The van der Waals surface area contributed by atoms with Crippen LogP contribution in [0.5, 0.6) is 0 Å². The summed E-state index contributed by atoms with van der Waals surface area (Å²) in [6.45, 7) is 0.893. The Hall–Kier alpha value is -0.420. The molecule has 1 N–H and O–H groups in total. The highest BCUT2D eigenvalue weighted by Gasteiger charge is 2.30. The molecular formula is C9H16N2O2S. The van der Waals surface area contributed by atoms with E-state index in [9.17, 15) is 9.00 Å². The van der Waals surface area contributed by atoms with Crippen LogP contribution in [0.4, 0.5) is 0 Å². The number of carbonyl (C=O) groups is 1. The van der Waals surface area contributed by atoms with E-state index in [1.54, 1.807) is 0 Å². The van der Waals surface area contributed by atoms with Gasteiger partial charge in [-0.15, -0.1) is 0 Å². The maximum absolute atomic E-state index is 12.1. The maximum Gasteiger partial charge on any atom is 0.256 e. The fourth-order valence-electron chi connectivity index (χ4n) is 1.53. The minimum absolute atomic E-state index is 0.0941. The van der Waals surface area contributed by atoms with Gasteiger partial charge in [0.1, 0.15) is 0 Å². The van der Waals surface area contributed by atoms with E-state index in [1.165, 1.54) is 0 Å². The number of nitrogens with zero attached hydrogens (tertiary/aromatic N) is 1. The molecule has 1 unspecified atom stereocenters. The zero-order chi connectivity index (χ0) is 10.0. The number of rotatable bonds is 1. The molecule has 1 saturated carbocycles. The second-order valence-electron chi connectivity index (χ2n) is 4.03. The zero-order valence-corrected chi connectivity index (χ0v) is 9.02. The van der Waals surface area contributed by atoms with Gasteiger partial charge in [-0.25, -0.2) is 4.21 Å². The van der Waals surface area contributed by atoms with Gasteiger partial charge in [-0.2, -0.15) is 4.36 Å². The van der Waals surface area contributed by atoms with Gasteiger partial charge in [-0.1, -0.05) is 0 Å². The number of hydrogen-bond donors (Lipinski definition) is 1. The predicted octanol–water partition coefficient (Wildman–Crippen LogP) is 0.732. The van der Waals surface area contributed by atoms with Crippen molar-refractivity contribution in [3.05, 3.63) is 0 Å². The van der Waals surface area contributed by atoms with Crippen molar-refractivity contribution in [1.82, 2.24) is 5.32 Å². The van der Waals surface area contributed by atoms with E-state index in [1.807, 2.05) is 0 Å². The monoisotopic (exact) mass is 216 g/mol. The highest BCUT2D eigenvalue weighted by atomic mass is 32.2. The molecule has 4 nitrogen and oxygen atoms in total. The van der Waals surface area contributed by atoms with E-state index in [0.29, 0.717) is 11.6 Å². The summed E-state index contributed by atoms with van der Waals surface area (Å²) in [5.74, 6) is 0.944. The smallest absolute Gasteiger partial charge is 0.256 e. The quantitative estimate of drug-likeness (QED) is 0.703. The van der Waals surface area contributed by atoms with Crippen molar-refractivity contribution in [3.63, 3.8) is 0 Å². The van der Waals surface area contributed by atoms with Crippen LogP contribution in [0, 0.1) is 5.92 Å². The molecule has 80 valence electrons. The second-order valence-corrected chi connectivity index (χ2v) is 6.46. The molecule has 1 saturated heterocycles. The molecule has 2 aliphatic rings. The van der Waals surface area contributed by atoms with Crippen LogP contribution in [-0.2, 0) is 14.5 Å². The molecule has 1 atom stereocenters. The van der Waals surface area contributed by atoms with Gasteiger partial charge in [-0.05, 0) is 32.2 Å². The van der Waals surface area contributed by atoms with E-state index >= 15 is 0 Å². The molecule has 2 fully saturated rings. The fraction of sp³-hybridized carbons (Fsp3) is 0.889. The first-order chi connectivity index (χ1) is 6.70. The van der Waals surface area contributed by atoms with Crippen LogP contribution in [0.1, 0.15) is 25.7 Å². The van der Waals surface area contributed by atoms with Crippen molar-refractivity contribution in [3.8, 4) is 0 Å². The molecule has 0 aromatic carbocycles. The Morgan fingerprint density at radius 1 is 1.36 bits per heavy atom. The van der Waals surface area contributed by atoms with Crippen molar-refractivity contribution >= 4 is 15.6 Å². The van der Waals surface area contributed by atoms with Crippen LogP contribution >= 0.6 is 0 Å². The first-order valence-electron chi connectivity index (χ1n) is 5.17. The fourth-order valence-corrected chi connectivity index (χ4v) is 3.42. The summed E-state index contributed by atoms with van der Waals surface area (Å²) in [5, 5.41) is 3.08. The summed E-state index contributed by atoms with van der Waals surface area (Å²) in [6.07, 6.45) is 3.81. The third-order valence-electron chi connectivity index (χ3n) is 2.58. The lowest BCUT2D eigenvalue weighted by Crippen LogP contribution is -2.23. The third-order valence-corrected chi connectivity index (χ3v) is 4.67. The van der Waals surface area contributed by atoms with Crippen LogP contribution in [0.25, 0.3) is 0 Å². The van der Waals surface area contributed by atoms with E-state index in [2.05, 4.69) is 9.68 Å². The lowest BCUT2D eigenvalue weighted by molar-refractivity contribution is -0.118. The van der Waals surface area contributed by atoms with Gasteiger partial charge < -0.3 is 5.32 Å². The Balaban J connectivity index is 2.11. The van der Waals surface area contributed by atoms with Gasteiger partial charge in [0.25, 0.3) is 5.91 Å². The van der Waals surface area contributed by atoms with Gasteiger partial charge in [0.05, 0.1) is 15.6 Å². The van der Waals surface area contributed by atoms with E-state index in [-0.39, 0.29) is 11.8 Å². The molecule has 1 aliphatic carbocycles. The van der Waals surface area contributed by atoms with Gasteiger partial charge in [0.2, 0.25) is 0 Å². The van der Waals surface area contributed by atoms with Gasteiger partial charge in [0.15, 0.2) is 0 Å². The van der Waals surface area contributed by atoms with Crippen molar-refractivity contribution in [1.29, 1.82) is 0 Å². The highest BCUT2D eigenvalue weighted by molar-refractivity contribution is 7.93. The molecular weight excluding hydrogens is 200 g/mol. The first kappa shape index (κ1) is 10.1. The molecule has 0 spiro atoms. The van der Waals surface area contributed by atoms with Gasteiger partial charge >= 0.3 is 0 Å². The van der Waals surface area contributed by atoms with Crippen molar-refractivity contribution < 1.29 is 9.00 Å². The molecule has 1 heterocycles. The second kappa shape index (κ2) is 3.98. The molecule has 1 amide bonds. The van der Waals surface area contributed by atoms with E-state index < -0.39 is 9.73 Å². The topological polar surface area (TPSA) is 58.5 Å².